The molecule has 0 N–H and O–H groups in total. The van der Waals surface area contributed by atoms with Gasteiger partial charge in [-0.3, -0.25) is 0 Å². The van der Waals surface area contributed by atoms with E-state index in [1.807, 2.05) is 0 Å². The van der Waals surface area contributed by atoms with E-state index >= 15 is 0 Å². The zero-order valence-corrected chi connectivity index (χ0v) is 9.22. The summed E-state index contributed by atoms with van der Waals surface area (Å²) in [7, 11) is -3.94. The van der Waals surface area contributed by atoms with Gasteiger partial charge in [0, 0.05) is 6.92 Å². The van der Waals surface area contributed by atoms with Gasteiger partial charge in [-0.25, -0.2) is 9.13 Å². The monoisotopic (exact) mass is 226 g/mol. The minimum atomic E-state index is -6.00. The van der Waals surface area contributed by atoms with Gasteiger partial charge in [0.1, 0.15) is 12.4 Å². The van der Waals surface area contributed by atoms with E-state index in [9.17, 15) is 17.3 Å². The van der Waals surface area contributed by atoms with Crippen LogP contribution in [0, 0.1) is 6.92 Å². The number of aromatic nitrogens is 2. The van der Waals surface area contributed by atoms with E-state index in [2.05, 4.69) is 49.3 Å². The summed E-state index contributed by atoms with van der Waals surface area (Å²) in [5.41, 5.74) is 0. The van der Waals surface area contributed by atoms with E-state index in [0.29, 0.717) is 6.04 Å². The molecular formula is C8H15BF4N2. The lowest BCUT2D eigenvalue weighted by atomic mass is 10.3. The molecule has 1 aromatic heterocycles. The highest BCUT2D eigenvalue weighted by Gasteiger charge is 2.20. The largest absolute Gasteiger partial charge is 0.673 e. The second kappa shape index (κ2) is 5.18. The molecule has 0 aliphatic rings. The third-order valence-corrected chi connectivity index (χ3v) is 1.89. The molecular weight excluding hydrogens is 211 g/mol. The Kier molecular flexibility index (Phi) is 4.83. The number of hydrogen-bond acceptors (Lipinski definition) is 0. The van der Waals surface area contributed by atoms with Crippen molar-refractivity contribution in [3.05, 3.63) is 18.2 Å². The first-order chi connectivity index (χ1) is 6.63. The van der Waals surface area contributed by atoms with Gasteiger partial charge in [0.2, 0.25) is 0 Å². The van der Waals surface area contributed by atoms with Crippen LogP contribution in [0.15, 0.2) is 12.4 Å². The van der Waals surface area contributed by atoms with Crippen LogP contribution >= 0.6 is 0 Å². The Bertz CT molecular complexity index is 300. The average molecular weight is 226 g/mol. The van der Waals surface area contributed by atoms with Crippen molar-refractivity contribution in [3.63, 3.8) is 0 Å². The molecule has 1 rings (SSSR count). The van der Waals surface area contributed by atoms with E-state index in [-0.39, 0.29) is 0 Å². The lowest BCUT2D eigenvalue weighted by Crippen LogP contribution is -2.29. The van der Waals surface area contributed by atoms with Crippen LogP contribution in [-0.2, 0) is 7.05 Å². The SMILES string of the molecule is Cc1n(C(C)C)cc[n+]1C.F[B-](F)(F)F. The fourth-order valence-electron chi connectivity index (χ4n) is 1.12. The van der Waals surface area contributed by atoms with Gasteiger partial charge in [-0.1, -0.05) is 0 Å². The summed E-state index contributed by atoms with van der Waals surface area (Å²) in [6.07, 6.45) is 4.19. The Labute approximate surface area is 86.6 Å². The molecule has 1 heterocycles. The average Bonchev–Trinajstić information content (AvgIpc) is 2.29. The molecule has 0 fully saturated rings. The van der Waals surface area contributed by atoms with Crippen molar-refractivity contribution < 1.29 is 21.8 Å². The van der Waals surface area contributed by atoms with Crippen LogP contribution in [0.4, 0.5) is 17.3 Å². The summed E-state index contributed by atoms with van der Waals surface area (Å²) < 4.78 is 43.4. The molecule has 15 heavy (non-hydrogen) atoms. The molecule has 2 nitrogen and oxygen atoms in total. The molecule has 1 aromatic rings. The molecule has 7 heteroatoms. The molecule has 0 spiro atoms. The maximum absolute atomic E-state index is 9.75. The minimum absolute atomic E-state index is 0.571. The third-order valence-electron chi connectivity index (χ3n) is 1.89. The molecule has 0 aromatic carbocycles. The molecule has 0 radical (unpaired) electrons. The highest BCUT2D eigenvalue weighted by atomic mass is 19.5. The Morgan fingerprint density at radius 3 is 1.80 bits per heavy atom. The highest BCUT2D eigenvalue weighted by Crippen LogP contribution is 2.06. The normalized spacial score (nSPS) is 11.3. The molecule has 88 valence electrons. The maximum Gasteiger partial charge on any atom is 0.673 e. The van der Waals surface area contributed by atoms with Gasteiger partial charge >= 0.3 is 7.25 Å². The van der Waals surface area contributed by atoms with Gasteiger partial charge < -0.3 is 17.3 Å². The smallest absolute Gasteiger partial charge is 0.418 e. The van der Waals surface area contributed by atoms with Crippen LogP contribution in [0.5, 0.6) is 0 Å². The molecule has 0 saturated carbocycles. The summed E-state index contributed by atoms with van der Waals surface area (Å²) in [5.74, 6) is 1.30. The Morgan fingerprint density at radius 1 is 1.27 bits per heavy atom. The van der Waals surface area contributed by atoms with Crippen molar-refractivity contribution in [3.8, 4) is 0 Å². The van der Waals surface area contributed by atoms with Crippen molar-refractivity contribution in [1.29, 1.82) is 0 Å². The first-order valence-electron chi connectivity index (χ1n) is 4.53. The Balaban J connectivity index is 0.000000336. The summed E-state index contributed by atoms with van der Waals surface area (Å²) in [6.45, 7) is 6.50. The van der Waals surface area contributed by atoms with Gasteiger partial charge in [0.15, 0.2) is 0 Å². The molecule has 0 amide bonds. The summed E-state index contributed by atoms with van der Waals surface area (Å²) in [4.78, 5) is 0. The number of nitrogens with zero attached hydrogens (tertiary/aromatic N) is 2. The van der Waals surface area contributed by atoms with E-state index in [1.54, 1.807) is 0 Å². The Hall–Kier alpha value is -1.01. The lowest BCUT2D eigenvalue weighted by Gasteiger charge is -2.00. The predicted octanol–water partition coefficient (Wildman–Crippen LogP) is 2.50. The van der Waals surface area contributed by atoms with Crippen LogP contribution < -0.4 is 4.57 Å². The van der Waals surface area contributed by atoms with Crippen molar-refractivity contribution in [2.75, 3.05) is 0 Å². The number of aryl methyl sites for hydroxylation is 1. The van der Waals surface area contributed by atoms with Crippen LogP contribution in [0.3, 0.4) is 0 Å². The predicted molar refractivity (Wildman–Crippen MR) is 50.9 cm³/mol. The molecule has 0 bridgehead atoms. The fraction of sp³-hybridized carbons (Fsp3) is 0.625. The first kappa shape index (κ1) is 14.0. The summed E-state index contributed by atoms with van der Waals surface area (Å²) in [6, 6.07) is 0.571. The zero-order chi connectivity index (χ0) is 12.2. The van der Waals surface area contributed by atoms with Crippen LogP contribution in [0.1, 0.15) is 25.7 Å². The van der Waals surface area contributed by atoms with Crippen molar-refractivity contribution in [1.82, 2.24) is 4.57 Å². The van der Waals surface area contributed by atoms with Gasteiger partial charge in [-0.2, -0.15) is 0 Å². The van der Waals surface area contributed by atoms with E-state index in [1.165, 1.54) is 5.82 Å². The van der Waals surface area contributed by atoms with E-state index in [4.69, 9.17) is 0 Å². The molecule has 0 aliphatic heterocycles. The molecule has 0 unspecified atom stereocenters. The number of imidazole rings is 1. The van der Waals surface area contributed by atoms with Crippen LogP contribution in [-0.4, -0.2) is 11.8 Å². The van der Waals surface area contributed by atoms with Crippen LogP contribution in [0.25, 0.3) is 0 Å². The topological polar surface area (TPSA) is 8.81 Å². The molecule has 0 atom stereocenters. The van der Waals surface area contributed by atoms with Crippen molar-refractivity contribution in [2.45, 2.75) is 26.8 Å². The lowest BCUT2D eigenvalue weighted by molar-refractivity contribution is -0.677. The standard InChI is InChI=1S/C8H15N2.BF4/c1-7(2)10-6-5-9(4)8(10)3;2-1(3,4)5/h5-7H,1-4H3;/q+1;-1. The van der Waals surface area contributed by atoms with Crippen molar-refractivity contribution >= 4 is 7.25 Å². The summed E-state index contributed by atoms with van der Waals surface area (Å²) >= 11 is 0. The first-order valence-corrected chi connectivity index (χ1v) is 4.53. The second-order valence-electron chi connectivity index (χ2n) is 3.45. The maximum atomic E-state index is 9.75. The quantitative estimate of drug-likeness (QED) is 0.395. The number of halogens is 4. The van der Waals surface area contributed by atoms with Crippen LogP contribution in [0.2, 0.25) is 0 Å². The van der Waals surface area contributed by atoms with E-state index < -0.39 is 7.25 Å². The number of rotatable bonds is 1. The third kappa shape index (κ3) is 6.14. The molecule has 0 saturated heterocycles. The van der Waals surface area contributed by atoms with Gasteiger partial charge in [-0.05, 0) is 13.8 Å². The van der Waals surface area contributed by atoms with Crippen molar-refractivity contribution in [2.24, 2.45) is 7.05 Å². The van der Waals surface area contributed by atoms with Gasteiger partial charge in [0.05, 0.1) is 13.1 Å². The number of hydrogen-bond donors (Lipinski definition) is 0. The second-order valence-corrected chi connectivity index (χ2v) is 3.45. The van der Waals surface area contributed by atoms with Gasteiger partial charge in [-0.15, -0.1) is 0 Å². The van der Waals surface area contributed by atoms with Gasteiger partial charge in [0.25, 0.3) is 5.82 Å². The molecule has 0 aliphatic carbocycles. The highest BCUT2D eigenvalue weighted by molar-refractivity contribution is 6.50. The fourth-order valence-corrected chi connectivity index (χ4v) is 1.12. The van der Waals surface area contributed by atoms with E-state index in [0.717, 1.165) is 0 Å². The summed E-state index contributed by atoms with van der Waals surface area (Å²) in [5, 5.41) is 0. The Morgan fingerprint density at radius 2 is 1.67 bits per heavy atom. The minimum Gasteiger partial charge on any atom is -0.418 e. The zero-order valence-electron chi connectivity index (χ0n) is 9.22.